The van der Waals surface area contributed by atoms with Crippen molar-refractivity contribution in [2.24, 2.45) is 0 Å². The molecule has 0 atom stereocenters. The summed E-state index contributed by atoms with van der Waals surface area (Å²) in [6, 6.07) is 1.55. The first-order chi connectivity index (χ1) is 8.44. The highest BCUT2D eigenvalue weighted by atomic mass is 35.5. The number of H-pyrrole nitrogens is 1. The lowest BCUT2D eigenvalue weighted by Gasteiger charge is -2.05. The van der Waals surface area contributed by atoms with E-state index >= 15 is 0 Å². The minimum atomic E-state index is -3.60. The molecule has 0 saturated heterocycles. The number of anilines is 1. The molecule has 0 aliphatic rings. The Kier molecular flexibility index (Phi) is 3.65. The number of halogens is 1. The Morgan fingerprint density at radius 3 is 2.83 bits per heavy atom. The molecular formula is C10H12ClN3O2S2. The first-order valence-electron chi connectivity index (χ1n) is 5.25. The molecule has 18 heavy (non-hydrogen) atoms. The highest BCUT2D eigenvalue weighted by molar-refractivity contribution is 7.94. The summed E-state index contributed by atoms with van der Waals surface area (Å²) in [5.74, 6) is 0.402. The van der Waals surface area contributed by atoms with Crippen LogP contribution in [-0.2, 0) is 16.4 Å². The van der Waals surface area contributed by atoms with Crippen LogP contribution in [0.1, 0.15) is 18.1 Å². The molecule has 0 saturated carbocycles. The molecule has 0 radical (unpaired) electrons. The molecule has 2 aromatic heterocycles. The summed E-state index contributed by atoms with van der Waals surface area (Å²) in [6.45, 7) is 3.69. The van der Waals surface area contributed by atoms with Crippen LogP contribution >= 0.6 is 22.9 Å². The average Bonchev–Trinajstić information content (AvgIpc) is 2.86. The van der Waals surface area contributed by atoms with Crippen LogP contribution in [0.5, 0.6) is 0 Å². The predicted octanol–water partition coefficient (Wildman–Crippen LogP) is 2.80. The van der Waals surface area contributed by atoms with Crippen LogP contribution < -0.4 is 4.72 Å². The van der Waals surface area contributed by atoms with E-state index in [2.05, 4.69) is 14.9 Å². The number of sulfonamides is 1. The third-order valence-electron chi connectivity index (χ3n) is 2.43. The Hall–Kier alpha value is -1.05. The first kappa shape index (κ1) is 13.4. The van der Waals surface area contributed by atoms with E-state index in [-0.39, 0.29) is 4.21 Å². The van der Waals surface area contributed by atoms with Gasteiger partial charge in [-0.05, 0) is 25.0 Å². The zero-order valence-corrected chi connectivity index (χ0v) is 12.2. The van der Waals surface area contributed by atoms with Gasteiger partial charge in [0.05, 0.1) is 10.5 Å². The molecule has 0 aliphatic heterocycles. The number of hydrogen-bond donors (Lipinski definition) is 2. The van der Waals surface area contributed by atoms with Gasteiger partial charge in [-0.2, -0.15) is 5.10 Å². The molecule has 2 rings (SSSR count). The zero-order chi connectivity index (χ0) is 13.3. The summed E-state index contributed by atoms with van der Waals surface area (Å²) in [5, 5.41) is 6.45. The largest absolute Gasteiger partial charge is 0.272 e. The topological polar surface area (TPSA) is 74.8 Å². The van der Waals surface area contributed by atoms with Crippen molar-refractivity contribution < 1.29 is 8.42 Å². The summed E-state index contributed by atoms with van der Waals surface area (Å²) < 4.78 is 27.4. The molecule has 0 unspecified atom stereocenters. The normalized spacial score (nSPS) is 11.7. The average molecular weight is 306 g/mol. The van der Waals surface area contributed by atoms with Gasteiger partial charge in [-0.1, -0.05) is 18.5 Å². The Morgan fingerprint density at radius 1 is 1.56 bits per heavy atom. The first-order valence-corrected chi connectivity index (χ1v) is 7.92. The van der Waals surface area contributed by atoms with Crippen molar-refractivity contribution in [3.63, 3.8) is 0 Å². The van der Waals surface area contributed by atoms with Crippen LogP contribution in [0.15, 0.2) is 16.5 Å². The van der Waals surface area contributed by atoms with Crippen molar-refractivity contribution >= 4 is 38.8 Å². The van der Waals surface area contributed by atoms with E-state index in [0.29, 0.717) is 16.6 Å². The van der Waals surface area contributed by atoms with Crippen LogP contribution in [0.25, 0.3) is 0 Å². The van der Waals surface area contributed by atoms with Crippen LogP contribution in [0.3, 0.4) is 0 Å². The number of thiophene rings is 1. The smallest absolute Gasteiger partial charge is 0.263 e. The van der Waals surface area contributed by atoms with Gasteiger partial charge in [0.1, 0.15) is 10.0 Å². The predicted molar refractivity (Wildman–Crippen MR) is 72.8 cm³/mol. The third kappa shape index (κ3) is 2.52. The number of hydrogen-bond acceptors (Lipinski definition) is 4. The van der Waals surface area contributed by atoms with Crippen LogP contribution in [-0.4, -0.2) is 18.6 Å². The molecule has 0 bridgehead atoms. The van der Waals surface area contributed by atoms with E-state index in [0.717, 1.165) is 22.5 Å². The van der Waals surface area contributed by atoms with Gasteiger partial charge in [0.2, 0.25) is 0 Å². The number of nitrogens with zero attached hydrogens (tertiary/aromatic N) is 1. The summed E-state index contributed by atoms with van der Waals surface area (Å²) in [4.78, 5) is 0. The molecule has 0 spiro atoms. The second-order valence-electron chi connectivity index (χ2n) is 3.75. The fourth-order valence-electron chi connectivity index (χ4n) is 1.42. The second kappa shape index (κ2) is 4.91. The van der Waals surface area contributed by atoms with E-state index in [1.54, 1.807) is 19.2 Å². The molecule has 0 aromatic carbocycles. The van der Waals surface area contributed by atoms with Gasteiger partial charge in [0.15, 0.2) is 0 Å². The molecule has 5 nitrogen and oxygen atoms in total. The highest BCUT2D eigenvalue weighted by Crippen LogP contribution is 2.31. The molecule has 8 heteroatoms. The molecule has 0 amide bonds. The molecule has 0 aliphatic carbocycles. The minimum Gasteiger partial charge on any atom is -0.263 e. The SMILES string of the molecule is CCc1cn[nH]c1NS(=O)(=O)c1cc(C)c(Cl)s1. The Morgan fingerprint density at radius 2 is 2.28 bits per heavy atom. The number of nitrogens with one attached hydrogen (secondary N) is 2. The van der Waals surface area contributed by atoms with Gasteiger partial charge in [-0.3, -0.25) is 9.82 Å². The van der Waals surface area contributed by atoms with E-state index in [9.17, 15) is 8.42 Å². The lowest BCUT2D eigenvalue weighted by atomic mass is 10.3. The van der Waals surface area contributed by atoms with E-state index in [4.69, 9.17) is 11.6 Å². The van der Waals surface area contributed by atoms with Crippen LogP contribution in [0, 0.1) is 6.92 Å². The van der Waals surface area contributed by atoms with Crippen molar-refractivity contribution in [1.82, 2.24) is 10.2 Å². The molecule has 2 N–H and O–H groups in total. The quantitative estimate of drug-likeness (QED) is 0.912. The maximum atomic E-state index is 12.1. The minimum absolute atomic E-state index is 0.196. The monoisotopic (exact) mass is 305 g/mol. The number of aromatic nitrogens is 2. The summed E-state index contributed by atoms with van der Waals surface area (Å²) in [7, 11) is -3.60. The standard InChI is InChI=1S/C10H12ClN3O2S2/c1-3-7-5-12-13-10(7)14-18(15,16)8-4-6(2)9(11)17-8/h4-5H,3H2,1-2H3,(H2,12,13,14). The fourth-order valence-corrected chi connectivity index (χ4v) is 4.18. The molecule has 2 heterocycles. The van der Waals surface area contributed by atoms with Gasteiger partial charge in [-0.15, -0.1) is 11.3 Å². The van der Waals surface area contributed by atoms with E-state index in [1.165, 1.54) is 0 Å². The Bertz CT molecular complexity index is 641. The molecule has 0 fully saturated rings. The van der Waals surface area contributed by atoms with Gasteiger partial charge in [0.25, 0.3) is 10.0 Å². The van der Waals surface area contributed by atoms with E-state index in [1.807, 2.05) is 6.92 Å². The van der Waals surface area contributed by atoms with Crippen molar-refractivity contribution in [2.45, 2.75) is 24.5 Å². The van der Waals surface area contributed by atoms with Crippen LogP contribution in [0.4, 0.5) is 5.82 Å². The third-order valence-corrected chi connectivity index (χ3v) is 5.81. The molecule has 98 valence electrons. The van der Waals surface area contributed by atoms with Gasteiger partial charge in [-0.25, -0.2) is 8.42 Å². The van der Waals surface area contributed by atoms with Crippen molar-refractivity contribution in [1.29, 1.82) is 0 Å². The van der Waals surface area contributed by atoms with Crippen LogP contribution in [0.2, 0.25) is 4.34 Å². The molecular weight excluding hydrogens is 294 g/mol. The number of aryl methyl sites for hydroxylation is 2. The lowest BCUT2D eigenvalue weighted by molar-refractivity contribution is 0.603. The maximum Gasteiger partial charge on any atom is 0.272 e. The van der Waals surface area contributed by atoms with Gasteiger partial charge >= 0.3 is 0 Å². The van der Waals surface area contributed by atoms with E-state index < -0.39 is 10.0 Å². The maximum absolute atomic E-state index is 12.1. The Balaban J connectivity index is 2.33. The summed E-state index contributed by atoms with van der Waals surface area (Å²) in [6.07, 6.45) is 2.29. The highest BCUT2D eigenvalue weighted by Gasteiger charge is 2.20. The van der Waals surface area contributed by atoms with Crippen molar-refractivity contribution in [2.75, 3.05) is 4.72 Å². The van der Waals surface area contributed by atoms with Gasteiger partial charge in [0, 0.05) is 5.56 Å². The van der Waals surface area contributed by atoms with Crippen molar-refractivity contribution in [3.8, 4) is 0 Å². The fraction of sp³-hybridized carbons (Fsp3) is 0.300. The molecule has 2 aromatic rings. The second-order valence-corrected chi connectivity index (χ2v) is 7.31. The lowest BCUT2D eigenvalue weighted by Crippen LogP contribution is -2.12. The zero-order valence-electron chi connectivity index (χ0n) is 9.82. The number of aromatic amines is 1. The van der Waals surface area contributed by atoms with Gasteiger partial charge < -0.3 is 0 Å². The Labute approximate surface area is 114 Å². The summed E-state index contributed by atoms with van der Waals surface area (Å²) in [5.41, 5.74) is 1.57. The number of rotatable bonds is 4. The van der Waals surface area contributed by atoms with Crippen molar-refractivity contribution in [3.05, 3.63) is 27.7 Å². The summed E-state index contributed by atoms with van der Waals surface area (Å²) >= 11 is 6.92.